The molecule has 1 aromatic carbocycles. The van der Waals surface area contributed by atoms with Crippen molar-refractivity contribution in [3.05, 3.63) is 35.4 Å². The highest BCUT2D eigenvalue weighted by Crippen LogP contribution is 2.17. The molecule has 29 heavy (non-hydrogen) atoms. The Morgan fingerprint density at radius 3 is 2.34 bits per heavy atom. The van der Waals surface area contributed by atoms with Gasteiger partial charge in [-0.05, 0) is 44.4 Å². The molecule has 1 heterocycles. The Hall–Kier alpha value is -1.92. The SMILES string of the molecule is CC1CN(Cc2ccc(C(=O)NCCC(=O)NC3CCCCC3)cc2)CC(C)O1. The van der Waals surface area contributed by atoms with E-state index in [9.17, 15) is 9.59 Å². The van der Waals surface area contributed by atoms with E-state index in [1.54, 1.807) is 0 Å². The molecule has 0 bridgehead atoms. The third-order valence-electron chi connectivity index (χ3n) is 5.73. The van der Waals surface area contributed by atoms with Gasteiger partial charge < -0.3 is 15.4 Å². The zero-order valence-corrected chi connectivity index (χ0v) is 17.8. The summed E-state index contributed by atoms with van der Waals surface area (Å²) in [6, 6.07) is 8.06. The number of carbonyl (C=O) groups is 2. The number of morpholine rings is 1. The lowest BCUT2D eigenvalue weighted by Gasteiger charge is -2.35. The largest absolute Gasteiger partial charge is 0.373 e. The molecule has 3 rings (SSSR count). The topological polar surface area (TPSA) is 70.7 Å². The first-order valence-electron chi connectivity index (χ1n) is 11.0. The van der Waals surface area contributed by atoms with Gasteiger partial charge in [-0.15, -0.1) is 0 Å². The molecule has 2 N–H and O–H groups in total. The van der Waals surface area contributed by atoms with Crippen LogP contribution >= 0.6 is 0 Å². The number of rotatable bonds is 7. The molecule has 0 radical (unpaired) electrons. The predicted octanol–water partition coefficient (Wildman–Crippen LogP) is 2.86. The number of benzene rings is 1. The first-order valence-corrected chi connectivity index (χ1v) is 11.0. The van der Waals surface area contributed by atoms with Crippen molar-refractivity contribution >= 4 is 11.8 Å². The molecule has 2 unspecified atom stereocenters. The minimum absolute atomic E-state index is 0.0292. The highest BCUT2D eigenvalue weighted by Gasteiger charge is 2.22. The third-order valence-corrected chi connectivity index (χ3v) is 5.73. The van der Waals surface area contributed by atoms with Gasteiger partial charge in [-0.25, -0.2) is 0 Å². The molecule has 160 valence electrons. The minimum Gasteiger partial charge on any atom is -0.373 e. The summed E-state index contributed by atoms with van der Waals surface area (Å²) in [7, 11) is 0. The van der Waals surface area contributed by atoms with Gasteiger partial charge in [0.05, 0.1) is 12.2 Å². The maximum Gasteiger partial charge on any atom is 0.251 e. The average molecular weight is 402 g/mol. The van der Waals surface area contributed by atoms with Gasteiger partial charge in [0, 0.05) is 44.2 Å². The standard InChI is InChI=1S/C23H35N3O3/c1-17-14-26(15-18(2)29-17)16-19-8-10-20(11-9-19)23(28)24-13-12-22(27)25-21-6-4-3-5-7-21/h8-11,17-18,21H,3-7,12-16H2,1-2H3,(H,24,28)(H,25,27). The summed E-state index contributed by atoms with van der Waals surface area (Å²) in [4.78, 5) is 26.8. The van der Waals surface area contributed by atoms with Gasteiger partial charge >= 0.3 is 0 Å². The van der Waals surface area contributed by atoms with Crippen molar-refractivity contribution in [3.8, 4) is 0 Å². The van der Waals surface area contributed by atoms with E-state index in [2.05, 4.69) is 29.4 Å². The Morgan fingerprint density at radius 2 is 1.69 bits per heavy atom. The summed E-state index contributed by atoms with van der Waals surface area (Å²) in [5.41, 5.74) is 1.82. The van der Waals surface area contributed by atoms with Gasteiger partial charge in [0.1, 0.15) is 0 Å². The smallest absolute Gasteiger partial charge is 0.251 e. The Morgan fingerprint density at radius 1 is 1.03 bits per heavy atom. The predicted molar refractivity (Wildman–Crippen MR) is 114 cm³/mol. The van der Waals surface area contributed by atoms with Crippen LogP contribution < -0.4 is 10.6 Å². The maximum atomic E-state index is 12.3. The van der Waals surface area contributed by atoms with Crippen LogP contribution in [0.4, 0.5) is 0 Å². The number of carbonyl (C=O) groups excluding carboxylic acids is 2. The van der Waals surface area contributed by atoms with E-state index >= 15 is 0 Å². The fourth-order valence-electron chi connectivity index (χ4n) is 4.37. The molecule has 0 aromatic heterocycles. The first kappa shape index (κ1) is 21.8. The highest BCUT2D eigenvalue weighted by molar-refractivity contribution is 5.94. The van der Waals surface area contributed by atoms with E-state index < -0.39 is 0 Å². The third kappa shape index (κ3) is 7.12. The van der Waals surface area contributed by atoms with Gasteiger partial charge in [0.15, 0.2) is 0 Å². The maximum absolute atomic E-state index is 12.3. The normalized spacial score (nSPS) is 23.5. The van der Waals surface area contributed by atoms with Crippen molar-refractivity contribution in [2.75, 3.05) is 19.6 Å². The fraction of sp³-hybridized carbons (Fsp3) is 0.652. The highest BCUT2D eigenvalue weighted by atomic mass is 16.5. The lowest BCUT2D eigenvalue weighted by molar-refractivity contribution is -0.121. The Kier molecular flexibility index (Phi) is 8.07. The minimum atomic E-state index is -0.129. The van der Waals surface area contributed by atoms with Crippen molar-refractivity contribution in [1.29, 1.82) is 0 Å². The summed E-state index contributed by atoms with van der Waals surface area (Å²) in [6.07, 6.45) is 6.64. The van der Waals surface area contributed by atoms with Crippen LogP contribution in [-0.2, 0) is 16.1 Å². The van der Waals surface area contributed by atoms with Crippen LogP contribution in [0.3, 0.4) is 0 Å². The van der Waals surface area contributed by atoms with Crippen molar-refractivity contribution in [3.63, 3.8) is 0 Å². The molecule has 1 aliphatic carbocycles. The zero-order valence-electron chi connectivity index (χ0n) is 17.8. The molecule has 0 spiro atoms. The molecule has 6 nitrogen and oxygen atoms in total. The number of ether oxygens (including phenoxy) is 1. The van der Waals surface area contributed by atoms with Crippen LogP contribution in [0.5, 0.6) is 0 Å². The van der Waals surface area contributed by atoms with Crippen LogP contribution in [0.25, 0.3) is 0 Å². The van der Waals surface area contributed by atoms with Gasteiger partial charge in [-0.2, -0.15) is 0 Å². The van der Waals surface area contributed by atoms with Crippen LogP contribution in [0, 0.1) is 0 Å². The number of nitrogens with one attached hydrogen (secondary N) is 2. The number of hydrogen-bond acceptors (Lipinski definition) is 4. The van der Waals surface area contributed by atoms with Gasteiger partial charge in [0.25, 0.3) is 5.91 Å². The van der Waals surface area contributed by atoms with Crippen molar-refractivity contribution in [2.24, 2.45) is 0 Å². The monoisotopic (exact) mass is 401 g/mol. The molecule has 6 heteroatoms. The van der Waals surface area contributed by atoms with Crippen LogP contribution in [0.2, 0.25) is 0 Å². The Balaban J connectivity index is 1.38. The van der Waals surface area contributed by atoms with E-state index in [4.69, 9.17) is 4.74 Å². The number of hydrogen-bond donors (Lipinski definition) is 2. The molecular weight excluding hydrogens is 366 g/mol. The molecule has 2 aliphatic rings. The van der Waals surface area contributed by atoms with Crippen molar-refractivity contribution < 1.29 is 14.3 Å². The molecule has 2 amide bonds. The van der Waals surface area contributed by atoms with Crippen molar-refractivity contribution in [1.82, 2.24) is 15.5 Å². The van der Waals surface area contributed by atoms with E-state index in [1.807, 2.05) is 24.3 Å². The molecule has 1 aromatic rings. The van der Waals surface area contributed by atoms with Crippen LogP contribution in [0.15, 0.2) is 24.3 Å². The fourth-order valence-corrected chi connectivity index (χ4v) is 4.37. The summed E-state index contributed by atoms with van der Waals surface area (Å²) >= 11 is 0. The summed E-state index contributed by atoms with van der Waals surface area (Å²) in [5.74, 6) is -0.0999. The van der Waals surface area contributed by atoms with E-state index in [1.165, 1.54) is 24.8 Å². The van der Waals surface area contributed by atoms with E-state index in [0.717, 1.165) is 32.5 Å². The molecule has 1 aliphatic heterocycles. The molecule has 1 saturated carbocycles. The second-order valence-corrected chi connectivity index (χ2v) is 8.56. The average Bonchev–Trinajstić information content (AvgIpc) is 2.68. The Labute approximate surface area is 174 Å². The summed E-state index contributed by atoms with van der Waals surface area (Å²) in [6.45, 7) is 7.28. The van der Waals surface area contributed by atoms with Crippen molar-refractivity contribution in [2.45, 2.75) is 77.2 Å². The van der Waals surface area contributed by atoms with E-state index in [0.29, 0.717) is 24.6 Å². The van der Waals surface area contributed by atoms with Gasteiger partial charge in [0.2, 0.25) is 5.91 Å². The van der Waals surface area contributed by atoms with Crippen LogP contribution in [0.1, 0.15) is 68.3 Å². The van der Waals surface area contributed by atoms with Crippen LogP contribution in [-0.4, -0.2) is 54.6 Å². The summed E-state index contributed by atoms with van der Waals surface area (Å²) in [5, 5.41) is 5.93. The first-order chi connectivity index (χ1) is 14.0. The van der Waals surface area contributed by atoms with Gasteiger partial charge in [-0.1, -0.05) is 31.4 Å². The van der Waals surface area contributed by atoms with Gasteiger partial charge in [-0.3, -0.25) is 14.5 Å². The Bertz CT molecular complexity index is 660. The number of amides is 2. The molecular formula is C23H35N3O3. The number of nitrogens with zero attached hydrogens (tertiary/aromatic N) is 1. The molecule has 1 saturated heterocycles. The second-order valence-electron chi connectivity index (χ2n) is 8.56. The lowest BCUT2D eigenvalue weighted by atomic mass is 9.95. The lowest BCUT2D eigenvalue weighted by Crippen LogP contribution is -2.44. The summed E-state index contributed by atoms with van der Waals surface area (Å²) < 4.78 is 5.78. The molecule has 2 atom stereocenters. The van der Waals surface area contributed by atoms with E-state index in [-0.39, 0.29) is 24.0 Å². The quantitative estimate of drug-likeness (QED) is 0.737. The second kappa shape index (κ2) is 10.7. The zero-order chi connectivity index (χ0) is 20.6. The molecule has 2 fully saturated rings.